The number of ether oxygens (including phenoxy) is 1. The molecule has 29 heavy (non-hydrogen) atoms. The van der Waals surface area contributed by atoms with Gasteiger partial charge in [-0.2, -0.15) is 9.78 Å². The number of carbonyl (C=O) groups excluding carboxylic acids is 1. The molecule has 0 aliphatic heterocycles. The number of hydrogen-bond acceptors (Lipinski definition) is 5. The minimum atomic E-state index is -1.71. The molecule has 0 saturated heterocycles. The lowest BCUT2D eigenvalue weighted by Crippen LogP contribution is -2.17. The Morgan fingerprint density at radius 3 is 2.69 bits per heavy atom. The molecule has 10 heteroatoms. The van der Waals surface area contributed by atoms with Crippen LogP contribution in [0.25, 0.3) is 15.3 Å². The highest BCUT2D eigenvalue weighted by molar-refractivity contribution is 7.20. The minimum Gasteiger partial charge on any atom is -0.497 e. The second kappa shape index (κ2) is 7.21. The van der Waals surface area contributed by atoms with Crippen LogP contribution < -0.4 is 10.1 Å². The van der Waals surface area contributed by atoms with Crippen LogP contribution in [-0.4, -0.2) is 27.8 Å². The van der Waals surface area contributed by atoms with E-state index >= 15 is 0 Å². The van der Waals surface area contributed by atoms with Gasteiger partial charge in [-0.25, -0.2) is 18.2 Å². The van der Waals surface area contributed by atoms with Crippen LogP contribution in [0.2, 0.25) is 0 Å². The molecule has 0 bridgehead atoms. The molecule has 6 nitrogen and oxygen atoms in total. The van der Waals surface area contributed by atoms with Gasteiger partial charge in [-0.3, -0.25) is 4.79 Å². The first-order chi connectivity index (χ1) is 13.9. The fourth-order valence-corrected chi connectivity index (χ4v) is 3.69. The Labute approximate surface area is 166 Å². The summed E-state index contributed by atoms with van der Waals surface area (Å²) in [4.78, 5) is 16.9. The number of aryl methyl sites for hydroxylation is 1. The predicted molar refractivity (Wildman–Crippen MR) is 102 cm³/mol. The van der Waals surface area contributed by atoms with Crippen LogP contribution in [0, 0.1) is 24.4 Å². The van der Waals surface area contributed by atoms with Crippen LogP contribution >= 0.6 is 11.3 Å². The molecule has 0 aliphatic rings. The van der Waals surface area contributed by atoms with E-state index in [1.807, 2.05) is 6.07 Å². The number of hydrogen-bond donors (Lipinski definition) is 1. The Morgan fingerprint density at radius 1 is 1.14 bits per heavy atom. The molecule has 0 spiro atoms. The van der Waals surface area contributed by atoms with Crippen molar-refractivity contribution in [2.24, 2.45) is 0 Å². The zero-order valence-electron chi connectivity index (χ0n) is 15.2. The Morgan fingerprint density at radius 2 is 1.93 bits per heavy atom. The fourth-order valence-electron chi connectivity index (χ4n) is 2.73. The zero-order valence-corrected chi connectivity index (χ0v) is 16.0. The number of aromatic nitrogens is 3. The number of amides is 1. The van der Waals surface area contributed by atoms with Gasteiger partial charge in [0.1, 0.15) is 11.6 Å². The van der Waals surface area contributed by atoms with Crippen molar-refractivity contribution in [3.05, 3.63) is 65.1 Å². The van der Waals surface area contributed by atoms with Gasteiger partial charge < -0.3 is 10.1 Å². The van der Waals surface area contributed by atoms with Crippen LogP contribution in [0.1, 0.15) is 16.1 Å². The first-order valence-electron chi connectivity index (χ1n) is 8.34. The van der Waals surface area contributed by atoms with Gasteiger partial charge in [0, 0.05) is 6.07 Å². The summed E-state index contributed by atoms with van der Waals surface area (Å²) in [5, 5.41) is 7.25. The number of nitrogens with zero attached hydrogens (tertiary/aromatic N) is 3. The Balaban J connectivity index is 1.71. The third-order valence-electron chi connectivity index (χ3n) is 4.12. The maximum Gasteiger partial charge on any atom is 0.259 e. The third kappa shape index (κ3) is 3.42. The van der Waals surface area contributed by atoms with Crippen LogP contribution in [0.15, 0.2) is 36.4 Å². The van der Waals surface area contributed by atoms with E-state index in [1.165, 1.54) is 16.0 Å². The lowest BCUT2D eigenvalue weighted by molar-refractivity contribution is 0.102. The van der Waals surface area contributed by atoms with Gasteiger partial charge in [0.05, 0.1) is 28.6 Å². The van der Waals surface area contributed by atoms with Crippen molar-refractivity contribution in [2.45, 2.75) is 6.92 Å². The number of thiazole rings is 1. The molecule has 1 N–H and O–H groups in total. The zero-order chi connectivity index (χ0) is 20.7. The van der Waals surface area contributed by atoms with E-state index in [4.69, 9.17) is 4.74 Å². The van der Waals surface area contributed by atoms with E-state index in [0.29, 0.717) is 28.2 Å². The van der Waals surface area contributed by atoms with Crippen LogP contribution in [0.5, 0.6) is 5.75 Å². The summed E-state index contributed by atoms with van der Waals surface area (Å²) in [6.07, 6.45) is 0. The summed E-state index contributed by atoms with van der Waals surface area (Å²) in [6.45, 7) is 1.71. The standard InChI is InChI=1S/C19H13F3N4O2S/c1-9-7-15(24-18(27)11-4-5-12(20)17(22)16(11)21)26(25-9)19-23-13-6-3-10(28-2)8-14(13)29-19/h3-8H,1-2H3,(H,24,27). The third-order valence-corrected chi connectivity index (χ3v) is 5.11. The summed E-state index contributed by atoms with van der Waals surface area (Å²) in [7, 11) is 1.56. The normalized spacial score (nSPS) is 11.1. The molecule has 4 rings (SSSR count). The summed E-state index contributed by atoms with van der Waals surface area (Å²) >= 11 is 1.31. The van der Waals surface area contributed by atoms with Crippen LogP contribution in [-0.2, 0) is 0 Å². The molecule has 1 amide bonds. The topological polar surface area (TPSA) is 69.0 Å². The summed E-state index contributed by atoms with van der Waals surface area (Å²) in [5.41, 5.74) is 0.661. The van der Waals surface area contributed by atoms with E-state index in [0.717, 1.165) is 10.8 Å². The predicted octanol–water partition coefficient (Wildman–Crippen LogP) is 4.47. The Hall–Kier alpha value is -3.40. The maximum absolute atomic E-state index is 13.9. The number of methoxy groups -OCH3 is 1. The molecule has 0 atom stereocenters. The average Bonchev–Trinajstić information content (AvgIpc) is 3.28. The first kappa shape index (κ1) is 18.9. The average molecular weight is 418 g/mol. The van der Waals surface area contributed by atoms with E-state index in [-0.39, 0.29) is 5.82 Å². The van der Waals surface area contributed by atoms with E-state index < -0.39 is 28.9 Å². The monoisotopic (exact) mass is 418 g/mol. The lowest BCUT2D eigenvalue weighted by Gasteiger charge is -2.08. The summed E-state index contributed by atoms with van der Waals surface area (Å²) in [6, 6.07) is 8.51. The quantitative estimate of drug-likeness (QED) is 0.497. The highest BCUT2D eigenvalue weighted by Crippen LogP contribution is 2.30. The molecule has 2 aromatic carbocycles. The largest absolute Gasteiger partial charge is 0.497 e. The molecule has 4 aromatic rings. The van der Waals surface area contributed by atoms with E-state index in [1.54, 1.807) is 32.2 Å². The number of halogens is 3. The molecule has 0 unspecified atom stereocenters. The van der Waals surface area contributed by atoms with Crippen molar-refractivity contribution < 1.29 is 22.7 Å². The molecule has 0 fully saturated rings. The molecule has 2 aromatic heterocycles. The maximum atomic E-state index is 13.9. The fraction of sp³-hybridized carbons (Fsp3) is 0.105. The number of benzene rings is 2. The highest BCUT2D eigenvalue weighted by atomic mass is 32.1. The minimum absolute atomic E-state index is 0.211. The van der Waals surface area contributed by atoms with Crippen molar-refractivity contribution in [1.82, 2.24) is 14.8 Å². The van der Waals surface area contributed by atoms with Crippen molar-refractivity contribution in [3.63, 3.8) is 0 Å². The molecular formula is C19H13F3N4O2S. The van der Waals surface area contributed by atoms with Crippen LogP contribution in [0.4, 0.5) is 19.0 Å². The number of nitrogens with one attached hydrogen (secondary N) is 1. The van der Waals surface area contributed by atoms with Gasteiger partial charge in [-0.1, -0.05) is 11.3 Å². The number of anilines is 1. The van der Waals surface area contributed by atoms with E-state index in [2.05, 4.69) is 15.4 Å². The second-order valence-corrected chi connectivity index (χ2v) is 7.10. The Kier molecular flexibility index (Phi) is 4.71. The molecular weight excluding hydrogens is 405 g/mol. The van der Waals surface area contributed by atoms with Gasteiger partial charge in [-0.05, 0) is 37.3 Å². The molecule has 148 valence electrons. The second-order valence-electron chi connectivity index (χ2n) is 6.09. The van der Waals surface area contributed by atoms with Gasteiger partial charge in [0.2, 0.25) is 5.13 Å². The van der Waals surface area contributed by atoms with Crippen molar-refractivity contribution in [3.8, 4) is 10.9 Å². The van der Waals surface area contributed by atoms with Gasteiger partial charge in [0.25, 0.3) is 5.91 Å². The number of fused-ring (bicyclic) bond motifs is 1. The summed E-state index contributed by atoms with van der Waals surface area (Å²) in [5.74, 6) is -4.69. The first-order valence-corrected chi connectivity index (χ1v) is 9.15. The molecule has 0 aliphatic carbocycles. The van der Waals surface area contributed by atoms with Crippen molar-refractivity contribution >= 4 is 33.3 Å². The SMILES string of the molecule is COc1ccc2nc(-n3nc(C)cc3NC(=O)c3ccc(F)c(F)c3F)sc2c1. The van der Waals surface area contributed by atoms with Gasteiger partial charge in [-0.15, -0.1) is 0 Å². The van der Waals surface area contributed by atoms with Gasteiger partial charge >= 0.3 is 0 Å². The number of rotatable bonds is 4. The van der Waals surface area contributed by atoms with Crippen LogP contribution in [0.3, 0.4) is 0 Å². The summed E-state index contributed by atoms with van der Waals surface area (Å²) < 4.78 is 47.9. The van der Waals surface area contributed by atoms with Gasteiger partial charge in [0.15, 0.2) is 17.5 Å². The molecule has 0 saturated carbocycles. The smallest absolute Gasteiger partial charge is 0.259 e. The molecule has 0 radical (unpaired) electrons. The Bertz CT molecular complexity index is 1250. The van der Waals surface area contributed by atoms with E-state index in [9.17, 15) is 18.0 Å². The lowest BCUT2D eigenvalue weighted by atomic mass is 10.2. The van der Waals surface area contributed by atoms with Crippen molar-refractivity contribution in [1.29, 1.82) is 0 Å². The molecule has 2 heterocycles. The van der Waals surface area contributed by atoms with Crippen molar-refractivity contribution in [2.75, 3.05) is 12.4 Å². The highest BCUT2D eigenvalue weighted by Gasteiger charge is 2.21. The number of carbonyl (C=O) groups is 1.